The Morgan fingerprint density at radius 2 is 1.39 bits per heavy atom. The van der Waals surface area contributed by atoms with Crippen molar-refractivity contribution in [3.05, 3.63) is 24.8 Å². The summed E-state index contributed by atoms with van der Waals surface area (Å²) < 4.78 is 25.8. The maximum Gasteiger partial charge on any atom is 0.330 e. The van der Waals surface area contributed by atoms with Gasteiger partial charge in [0.05, 0.1) is 38.1 Å². The molecule has 0 bridgehead atoms. The van der Waals surface area contributed by atoms with E-state index in [1.54, 1.807) is 14.2 Å². The third-order valence-corrected chi connectivity index (χ3v) is 3.20. The topological polar surface area (TPSA) is 101 Å². The summed E-state index contributed by atoms with van der Waals surface area (Å²) in [4.78, 5) is 20.4. The molecule has 0 aliphatic heterocycles. The van der Waals surface area contributed by atoms with Gasteiger partial charge in [0, 0.05) is 25.9 Å². The maximum atomic E-state index is 10.8. The molecule has 8 nitrogen and oxygen atoms in total. The highest BCUT2D eigenvalue weighted by Gasteiger charge is 2.10. The Balaban J connectivity index is -0.000000492. The van der Waals surface area contributed by atoms with E-state index in [0.717, 1.165) is 12.7 Å². The van der Waals surface area contributed by atoms with Crippen LogP contribution < -0.4 is 0 Å². The van der Waals surface area contributed by atoms with Crippen molar-refractivity contribution in [3.8, 4) is 0 Å². The average molecular weight is 449 g/mol. The molecule has 0 heterocycles. The SMILES string of the molecule is C=C(C)C(=O)O.C=CC(=O)OCC(C)OCC(C)OCC(C)OC.COCC(C)(C)C. The molecule has 1 N–H and O–H groups in total. The van der Waals surface area contributed by atoms with E-state index < -0.39 is 11.9 Å². The number of esters is 1. The van der Waals surface area contributed by atoms with Crippen LogP contribution in [0.4, 0.5) is 0 Å². The molecule has 184 valence electrons. The molecular formula is C23H44O8. The first-order valence-electron chi connectivity index (χ1n) is 10.1. The monoisotopic (exact) mass is 448 g/mol. The van der Waals surface area contributed by atoms with E-state index in [-0.39, 0.29) is 30.5 Å². The summed E-state index contributed by atoms with van der Waals surface area (Å²) in [6, 6.07) is 0. The smallest absolute Gasteiger partial charge is 0.330 e. The molecule has 3 atom stereocenters. The largest absolute Gasteiger partial charge is 0.478 e. The Morgan fingerprint density at radius 3 is 1.68 bits per heavy atom. The van der Waals surface area contributed by atoms with Gasteiger partial charge in [0.2, 0.25) is 0 Å². The number of aliphatic carboxylic acids is 1. The molecule has 31 heavy (non-hydrogen) atoms. The lowest BCUT2D eigenvalue weighted by atomic mass is 9.99. The molecule has 0 aromatic carbocycles. The Hall–Kier alpha value is -1.74. The first-order valence-corrected chi connectivity index (χ1v) is 10.1. The predicted molar refractivity (Wildman–Crippen MR) is 122 cm³/mol. The van der Waals surface area contributed by atoms with Crippen molar-refractivity contribution in [2.45, 2.75) is 66.8 Å². The molecule has 0 saturated heterocycles. The molecule has 8 heteroatoms. The number of carbonyl (C=O) groups is 2. The predicted octanol–water partition coefficient (Wildman–Crippen LogP) is 3.89. The summed E-state index contributed by atoms with van der Waals surface area (Å²) in [7, 11) is 3.37. The lowest BCUT2D eigenvalue weighted by Crippen LogP contribution is -2.26. The van der Waals surface area contributed by atoms with E-state index in [0.29, 0.717) is 18.6 Å². The maximum absolute atomic E-state index is 10.8. The van der Waals surface area contributed by atoms with Crippen LogP contribution in [0.5, 0.6) is 0 Å². The number of rotatable bonds is 12. The lowest BCUT2D eigenvalue weighted by molar-refractivity contribution is -0.142. The summed E-state index contributed by atoms with van der Waals surface area (Å²) >= 11 is 0. The second-order valence-corrected chi connectivity index (χ2v) is 8.25. The number of hydrogen-bond acceptors (Lipinski definition) is 7. The molecule has 0 saturated carbocycles. The molecule has 0 radical (unpaired) electrons. The summed E-state index contributed by atoms with van der Waals surface area (Å²) in [5.74, 6) is -1.38. The minimum absolute atomic E-state index is 0.0276. The van der Waals surface area contributed by atoms with Crippen LogP contribution in [-0.4, -0.2) is 76.0 Å². The zero-order chi connectivity index (χ0) is 25.0. The fourth-order valence-electron chi connectivity index (χ4n) is 1.46. The fraction of sp³-hybridized carbons (Fsp3) is 0.739. The van der Waals surface area contributed by atoms with Crippen molar-refractivity contribution < 1.29 is 38.4 Å². The molecule has 0 aromatic heterocycles. The highest BCUT2D eigenvalue weighted by molar-refractivity contribution is 5.84. The van der Waals surface area contributed by atoms with Crippen LogP contribution in [0.3, 0.4) is 0 Å². The first-order chi connectivity index (χ1) is 14.2. The average Bonchev–Trinajstić information content (AvgIpc) is 2.68. The van der Waals surface area contributed by atoms with Crippen molar-refractivity contribution in [1.82, 2.24) is 0 Å². The van der Waals surface area contributed by atoms with Crippen LogP contribution in [-0.2, 0) is 33.3 Å². The van der Waals surface area contributed by atoms with E-state index in [4.69, 9.17) is 28.8 Å². The van der Waals surface area contributed by atoms with Gasteiger partial charge in [-0.3, -0.25) is 0 Å². The summed E-state index contributed by atoms with van der Waals surface area (Å²) in [5, 5.41) is 7.89. The minimum Gasteiger partial charge on any atom is -0.478 e. The van der Waals surface area contributed by atoms with E-state index in [1.807, 2.05) is 20.8 Å². The first kappa shape index (κ1) is 33.9. The van der Waals surface area contributed by atoms with Crippen molar-refractivity contribution >= 4 is 11.9 Å². The molecule has 0 aliphatic rings. The minimum atomic E-state index is -0.935. The Labute approximate surface area is 188 Å². The molecule has 0 spiro atoms. The molecule has 0 amide bonds. The third-order valence-electron chi connectivity index (χ3n) is 3.20. The van der Waals surface area contributed by atoms with Gasteiger partial charge < -0.3 is 28.8 Å². The van der Waals surface area contributed by atoms with Crippen LogP contribution >= 0.6 is 0 Å². The Morgan fingerprint density at radius 1 is 0.968 bits per heavy atom. The molecule has 0 rings (SSSR count). The van der Waals surface area contributed by atoms with Crippen LogP contribution in [0.15, 0.2) is 24.8 Å². The summed E-state index contributed by atoms with van der Waals surface area (Å²) in [5.41, 5.74) is 0.504. The van der Waals surface area contributed by atoms with E-state index in [2.05, 4.69) is 33.9 Å². The number of methoxy groups -OCH3 is 2. The zero-order valence-corrected chi connectivity index (χ0v) is 20.9. The van der Waals surface area contributed by atoms with Crippen molar-refractivity contribution in [3.63, 3.8) is 0 Å². The van der Waals surface area contributed by atoms with Gasteiger partial charge in [-0.15, -0.1) is 0 Å². The summed E-state index contributed by atoms with van der Waals surface area (Å²) in [6.07, 6.45) is 1.00. The van der Waals surface area contributed by atoms with Crippen molar-refractivity contribution in [2.75, 3.05) is 40.6 Å². The zero-order valence-electron chi connectivity index (χ0n) is 20.9. The van der Waals surface area contributed by atoms with E-state index >= 15 is 0 Å². The van der Waals surface area contributed by atoms with Gasteiger partial charge in [-0.1, -0.05) is 33.9 Å². The number of carboxylic acid groups (broad SMARTS) is 1. The van der Waals surface area contributed by atoms with Gasteiger partial charge in [-0.05, 0) is 33.1 Å². The van der Waals surface area contributed by atoms with E-state index in [9.17, 15) is 9.59 Å². The van der Waals surface area contributed by atoms with Gasteiger partial charge in [-0.2, -0.15) is 0 Å². The normalized spacial score (nSPS) is 13.3. The van der Waals surface area contributed by atoms with Crippen molar-refractivity contribution in [1.29, 1.82) is 0 Å². The van der Waals surface area contributed by atoms with Gasteiger partial charge in [0.1, 0.15) is 6.61 Å². The van der Waals surface area contributed by atoms with Gasteiger partial charge in [0.25, 0.3) is 0 Å². The standard InChI is InChI=1S/C13H24O5.C6H14O.C4H6O2/c1-6-13(14)18-9-12(4)17-8-11(3)16-7-10(2)15-5;1-6(2,3)5-7-4;1-3(2)4(5)6/h6,10-12H,1,7-9H2,2-5H3;5H2,1-4H3;1H2,2H3,(H,5,6). The Bertz CT molecular complexity index is 484. The van der Waals surface area contributed by atoms with Crippen LogP contribution in [0.1, 0.15) is 48.5 Å². The molecule has 0 aromatic rings. The van der Waals surface area contributed by atoms with Gasteiger partial charge in [0.15, 0.2) is 0 Å². The molecule has 0 fully saturated rings. The highest BCUT2D eigenvalue weighted by atomic mass is 16.6. The quantitative estimate of drug-likeness (QED) is 0.354. The number of carbonyl (C=O) groups excluding carboxylic acids is 1. The molecular weight excluding hydrogens is 404 g/mol. The molecule has 0 aliphatic carbocycles. The fourth-order valence-corrected chi connectivity index (χ4v) is 1.46. The number of carboxylic acids is 1. The molecule has 3 unspecified atom stereocenters. The Kier molecular flexibility index (Phi) is 22.1. The van der Waals surface area contributed by atoms with Crippen LogP contribution in [0, 0.1) is 5.41 Å². The van der Waals surface area contributed by atoms with Crippen LogP contribution in [0.25, 0.3) is 0 Å². The van der Waals surface area contributed by atoms with E-state index in [1.165, 1.54) is 6.92 Å². The second-order valence-electron chi connectivity index (χ2n) is 8.25. The van der Waals surface area contributed by atoms with Crippen LogP contribution in [0.2, 0.25) is 0 Å². The van der Waals surface area contributed by atoms with Gasteiger partial charge >= 0.3 is 11.9 Å². The number of ether oxygens (including phenoxy) is 5. The van der Waals surface area contributed by atoms with Gasteiger partial charge in [-0.25, -0.2) is 9.59 Å². The second kappa shape index (κ2) is 20.2. The summed E-state index contributed by atoms with van der Waals surface area (Å²) in [6.45, 7) is 22.1. The highest BCUT2D eigenvalue weighted by Crippen LogP contribution is 2.11. The lowest BCUT2D eigenvalue weighted by Gasteiger charge is -2.19. The number of hydrogen-bond donors (Lipinski definition) is 1. The van der Waals surface area contributed by atoms with Crippen molar-refractivity contribution in [2.24, 2.45) is 5.41 Å². The third kappa shape index (κ3) is 30.5.